The molecule has 0 aromatic heterocycles. The van der Waals surface area contributed by atoms with Crippen LogP contribution in [0.25, 0.3) is 0 Å². The highest BCUT2D eigenvalue weighted by atomic mass is 16.5. The molecule has 2 rings (SSSR count). The molecule has 2 bridgehead atoms. The number of carbonyl (C=O) groups excluding carboxylic acids is 2. The molecule has 4 nitrogen and oxygen atoms in total. The zero-order valence-corrected chi connectivity index (χ0v) is 13.9. The minimum absolute atomic E-state index is 0.0537. The number of hydrogen-bond donors (Lipinski definition) is 0. The van der Waals surface area contributed by atoms with Gasteiger partial charge < -0.3 is 9.47 Å². The number of fused-ring (bicyclic) bond motifs is 2. The second-order valence-corrected chi connectivity index (χ2v) is 7.46. The number of hydrogen-bond acceptors (Lipinski definition) is 4. The summed E-state index contributed by atoms with van der Waals surface area (Å²) in [6.07, 6.45) is 3.94. The van der Waals surface area contributed by atoms with Crippen LogP contribution >= 0.6 is 0 Å². The molecule has 0 unspecified atom stereocenters. The first-order chi connectivity index (χ1) is 9.79. The number of rotatable bonds is 4. The maximum absolute atomic E-state index is 12.5. The normalized spacial score (nSPS) is 37.1. The van der Waals surface area contributed by atoms with Crippen LogP contribution in [0.4, 0.5) is 0 Å². The van der Waals surface area contributed by atoms with Crippen LogP contribution in [0.5, 0.6) is 0 Å². The maximum Gasteiger partial charge on any atom is 0.312 e. The zero-order valence-electron chi connectivity index (χ0n) is 13.9. The Morgan fingerprint density at radius 1 is 1.19 bits per heavy atom. The fraction of sp³-hybridized carbons (Fsp3) is 0.882. The summed E-state index contributed by atoms with van der Waals surface area (Å²) in [6.45, 7) is 6.80. The van der Waals surface area contributed by atoms with Gasteiger partial charge in [0.25, 0.3) is 0 Å². The summed E-state index contributed by atoms with van der Waals surface area (Å²) < 4.78 is 9.92. The van der Waals surface area contributed by atoms with Crippen molar-refractivity contribution in [2.75, 3.05) is 14.2 Å². The van der Waals surface area contributed by atoms with Crippen LogP contribution in [0.15, 0.2) is 0 Å². The molecular formula is C17H28O4. The van der Waals surface area contributed by atoms with E-state index in [-0.39, 0.29) is 23.3 Å². The maximum atomic E-state index is 12.5. The van der Waals surface area contributed by atoms with Crippen molar-refractivity contribution in [3.8, 4) is 0 Å². The molecule has 0 aromatic rings. The van der Waals surface area contributed by atoms with E-state index in [4.69, 9.17) is 9.47 Å². The predicted octanol–water partition coefficient (Wildman–Crippen LogP) is 3.19. The lowest BCUT2D eigenvalue weighted by Gasteiger charge is -2.37. The quantitative estimate of drug-likeness (QED) is 0.748. The molecule has 0 radical (unpaired) electrons. The van der Waals surface area contributed by atoms with Crippen LogP contribution in [0.2, 0.25) is 0 Å². The predicted molar refractivity (Wildman–Crippen MR) is 79.5 cm³/mol. The number of carbonyl (C=O) groups is 2. The highest BCUT2D eigenvalue weighted by Gasteiger charge is 2.64. The van der Waals surface area contributed by atoms with E-state index in [0.29, 0.717) is 24.7 Å². The third-order valence-corrected chi connectivity index (χ3v) is 6.29. The molecule has 2 aliphatic rings. The molecule has 2 saturated carbocycles. The number of ether oxygens (including phenoxy) is 2. The van der Waals surface area contributed by atoms with Gasteiger partial charge >= 0.3 is 11.9 Å². The van der Waals surface area contributed by atoms with E-state index in [9.17, 15) is 9.59 Å². The molecule has 0 aromatic carbocycles. The van der Waals surface area contributed by atoms with Crippen molar-refractivity contribution in [2.45, 2.75) is 52.9 Å². The summed E-state index contributed by atoms with van der Waals surface area (Å²) in [4.78, 5) is 24.1. The Hall–Kier alpha value is -1.06. The van der Waals surface area contributed by atoms with Crippen molar-refractivity contribution in [1.82, 2.24) is 0 Å². The van der Waals surface area contributed by atoms with Crippen molar-refractivity contribution in [1.29, 1.82) is 0 Å². The third kappa shape index (κ3) is 2.47. The molecule has 4 heteroatoms. The smallest absolute Gasteiger partial charge is 0.312 e. The van der Waals surface area contributed by atoms with E-state index in [1.807, 2.05) is 0 Å². The molecule has 0 aliphatic heterocycles. The molecule has 0 heterocycles. The molecular weight excluding hydrogens is 268 g/mol. The first-order valence-electron chi connectivity index (χ1n) is 7.95. The average Bonchev–Trinajstić information content (AvgIpc) is 2.65. The van der Waals surface area contributed by atoms with Crippen molar-refractivity contribution in [3.63, 3.8) is 0 Å². The zero-order chi connectivity index (χ0) is 15.8. The monoisotopic (exact) mass is 296 g/mol. The van der Waals surface area contributed by atoms with E-state index in [0.717, 1.165) is 19.3 Å². The minimum Gasteiger partial charge on any atom is -0.469 e. The summed E-state index contributed by atoms with van der Waals surface area (Å²) in [5.41, 5.74) is -0.346. The third-order valence-electron chi connectivity index (χ3n) is 6.29. The Bertz CT molecular complexity index is 429. The van der Waals surface area contributed by atoms with E-state index in [2.05, 4.69) is 20.8 Å². The SMILES string of the molecule is COC(=O)CC[C@H]1C(C)(C)[C@H]2C[C@]1(C(=O)OC)CC[C@@H]2C. The first kappa shape index (κ1) is 16.3. The van der Waals surface area contributed by atoms with Gasteiger partial charge in [-0.25, -0.2) is 0 Å². The second kappa shape index (κ2) is 5.62. The van der Waals surface area contributed by atoms with Gasteiger partial charge in [-0.15, -0.1) is 0 Å². The highest BCUT2D eigenvalue weighted by molar-refractivity contribution is 5.78. The molecule has 2 fully saturated rings. The topological polar surface area (TPSA) is 52.6 Å². The molecule has 0 spiro atoms. The standard InChI is InChI=1S/C17H28O4/c1-11-8-9-17(15(19)21-5)10-12(11)16(2,3)13(17)6-7-14(18)20-4/h11-13H,6-10H2,1-5H3/t11-,12-,13-,17+/m0/s1. The van der Waals surface area contributed by atoms with Crippen LogP contribution in [0.1, 0.15) is 52.9 Å². The fourth-order valence-corrected chi connectivity index (χ4v) is 5.21. The Morgan fingerprint density at radius 3 is 2.43 bits per heavy atom. The Kier molecular flexibility index (Phi) is 4.36. The first-order valence-corrected chi connectivity index (χ1v) is 7.95. The largest absolute Gasteiger partial charge is 0.469 e. The van der Waals surface area contributed by atoms with Gasteiger partial charge in [-0.05, 0) is 48.9 Å². The minimum atomic E-state index is -0.399. The van der Waals surface area contributed by atoms with E-state index < -0.39 is 5.41 Å². The molecule has 0 amide bonds. The summed E-state index contributed by atoms with van der Waals surface area (Å²) in [5.74, 6) is 1.06. The summed E-state index contributed by atoms with van der Waals surface area (Å²) >= 11 is 0. The van der Waals surface area contributed by atoms with Crippen LogP contribution in [0.3, 0.4) is 0 Å². The second-order valence-electron chi connectivity index (χ2n) is 7.46. The lowest BCUT2D eigenvalue weighted by molar-refractivity contribution is -0.159. The number of methoxy groups -OCH3 is 2. The van der Waals surface area contributed by atoms with Gasteiger partial charge in [0.15, 0.2) is 0 Å². The lowest BCUT2D eigenvalue weighted by atomic mass is 9.67. The average molecular weight is 296 g/mol. The van der Waals surface area contributed by atoms with E-state index >= 15 is 0 Å². The van der Waals surface area contributed by atoms with Crippen LogP contribution in [-0.2, 0) is 19.1 Å². The highest BCUT2D eigenvalue weighted by Crippen LogP contribution is 2.66. The van der Waals surface area contributed by atoms with Crippen LogP contribution in [0, 0.1) is 28.6 Å². The Balaban J connectivity index is 2.32. The van der Waals surface area contributed by atoms with Gasteiger partial charge in [0.05, 0.1) is 19.6 Å². The molecule has 0 saturated heterocycles. The lowest BCUT2D eigenvalue weighted by Crippen LogP contribution is -2.40. The van der Waals surface area contributed by atoms with Crippen molar-refractivity contribution >= 4 is 11.9 Å². The van der Waals surface area contributed by atoms with E-state index in [1.165, 1.54) is 14.2 Å². The van der Waals surface area contributed by atoms with Crippen molar-refractivity contribution < 1.29 is 19.1 Å². The summed E-state index contributed by atoms with van der Waals surface area (Å²) in [6, 6.07) is 0. The van der Waals surface area contributed by atoms with Gasteiger partial charge in [0, 0.05) is 6.42 Å². The van der Waals surface area contributed by atoms with Gasteiger partial charge in [0.1, 0.15) is 0 Å². The molecule has 120 valence electrons. The van der Waals surface area contributed by atoms with Gasteiger partial charge in [-0.1, -0.05) is 20.8 Å². The Labute approximate surface area is 127 Å². The van der Waals surface area contributed by atoms with Gasteiger partial charge in [0.2, 0.25) is 0 Å². The number of esters is 2. The summed E-state index contributed by atoms with van der Waals surface area (Å²) in [5, 5.41) is 0. The Morgan fingerprint density at radius 2 is 1.86 bits per heavy atom. The van der Waals surface area contributed by atoms with Gasteiger partial charge in [-0.2, -0.15) is 0 Å². The van der Waals surface area contributed by atoms with Crippen molar-refractivity contribution in [3.05, 3.63) is 0 Å². The molecule has 2 aliphatic carbocycles. The van der Waals surface area contributed by atoms with E-state index in [1.54, 1.807) is 0 Å². The summed E-state index contributed by atoms with van der Waals surface area (Å²) in [7, 11) is 2.89. The van der Waals surface area contributed by atoms with Gasteiger partial charge in [-0.3, -0.25) is 9.59 Å². The molecule has 0 N–H and O–H groups in total. The van der Waals surface area contributed by atoms with Crippen molar-refractivity contribution in [2.24, 2.45) is 28.6 Å². The molecule has 4 atom stereocenters. The van der Waals surface area contributed by atoms with Crippen LogP contribution < -0.4 is 0 Å². The fourth-order valence-electron chi connectivity index (χ4n) is 5.21. The molecule has 21 heavy (non-hydrogen) atoms. The van der Waals surface area contributed by atoms with Crippen LogP contribution in [-0.4, -0.2) is 26.2 Å².